The first-order valence-electron chi connectivity index (χ1n) is 3.87. The van der Waals surface area contributed by atoms with E-state index in [0.29, 0.717) is 0 Å². The van der Waals surface area contributed by atoms with E-state index in [1.807, 2.05) is 6.07 Å². The second-order valence-corrected chi connectivity index (χ2v) is 2.71. The molecule has 0 radical (unpaired) electrons. The van der Waals surface area contributed by atoms with Gasteiger partial charge >= 0.3 is 6.16 Å². The maximum Gasteiger partial charge on any atom is 0.511 e. The van der Waals surface area contributed by atoms with E-state index in [2.05, 4.69) is 4.74 Å². The molecule has 2 atom stereocenters. The summed E-state index contributed by atoms with van der Waals surface area (Å²) in [6, 6.07) is 8.96. The number of carbonyl (C=O) groups is 1. The molecule has 1 aromatic carbocycles. The van der Waals surface area contributed by atoms with E-state index < -0.39 is 18.5 Å². The maximum absolute atomic E-state index is 10.6. The lowest BCUT2D eigenvalue weighted by Gasteiger charge is -2.09. The number of hydrogen-bond acceptors (Lipinski definition) is 4. The number of ether oxygens (including phenoxy) is 2. The average molecular weight is 180 g/mol. The molecule has 1 N–H and O–H groups in total. The minimum atomic E-state index is -1.20. The first kappa shape index (κ1) is 8.07. The Morgan fingerprint density at radius 1 is 1.15 bits per heavy atom. The highest BCUT2D eigenvalue weighted by Gasteiger charge is 2.36. The van der Waals surface area contributed by atoms with Gasteiger partial charge in [0.2, 0.25) is 6.29 Å². The van der Waals surface area contributed by atoms with Crippen LogP contribution >= 0.6 is 0 Å². The van der Waals surface area contributed by atoms with Gasteiger partial charge in [-0.25, -0.2) is 4.79 Å². The number of cyclic esters (lactones) is 2. The SMILES string of the molecule is O=C1OC(O)C(c2ccccc2)O1. The van der Waals surface area contributed by atoms with Crippen molar-refractivity contribution < 1.29 is 19.4 Å². The third-order valence-corrected chi connectivity index (χ3v) is 1.83. The van der Waals surface area contributed by atoms with Crippen LogP contribution in [0.4, 0.5) is 4.79 Å². The van der Waals surface area contributed by atoms with Crippen molar-refractivity contribution in [3.05, 3.63) is 35.9 Å². The Balaban J connectivity index is 2.23. The van der Waals surface area contributed by atoms with E-state index in [0.717, 1.165) is 5.56 Å². The van der Waals surface area contributed by atoms with Crippen molar-refractivity contribution in [2.75, 3.05) is 0 Å². The third kappa shape index (κ3) is 1.48. The summed E-state index contributed by atoms with van der Waals surface area (Å²) < 4.78 is 9.17. The Morgan fingerprint density at radius 3 is 2.38 bits per heavy atom. The quantitative estimate of drug-likeness (QED) is 0.660. The molecular weight excluding hydrogens is 172 g/mol. The number of rotatable bonds is 1. The summed E-state index contributed by atoms with van der Waals surface area (Å²) in [5, 5.41) is 9.24. The molecule has 4 heteroatoms. The van der Waals surface area contributed by atoms with Crippen LogP contribution in [0.5, 0.6) is 0 Å². The lowest BCUT2D eigenvalue weighted by Crippen LogP contribution is -2.13. The van der Waals surface area contributed by atoms with Crippen molar-refractivity contribution in [3.8, 4) is 0 Å². The average Bonchev–Trinajstić information content (AvgIpc) is 2.47. The summed E-state index contributed by atoms with van der Waals surface area (Å²) >= 11 is 0. The molecule has 1 aliphatic heterocycles. The van der Waals surface area contributed by atoms with Crippen LogP contribution in [-0.4, -0.2) is 17.6 Å². The Bertz CT molecular complexity index is 309. The van der Waals surface area contributed by atoms with Gasteiger partial charge in [-0.3, -0.25) is 0 Å². The fraction of sp³-hybridized carbons (Fsp3) is 0.222. The maximum atomic E-state index is 10.6. The highest BCUT2D eigenvalue weighted by molar-refractivity contribution is 5.62. The van der Waals surface area contributed by atoms with Crippen LogP contribution in [-0.2, 0) is 9.47 Å². The highest BCUT2D eigenvalue weighted by atomic mass is 16.8. The number of aliphatic hydroxyl groups is 1. The molecule has 1 saturated heterocycles. The summed E-state index contributed by atoms with van der Waals surface area (Å²) in [5.41, 5.74) is 0.723. The predicted molar refractivity (Wildman–Crippen MR) is 42.8 cm³/mol. The standard InChI is InChI=1S/C9H8O4/c10-8-7(12-9(11)13-8)6-4-2-1-3-5-6/h1-5,7-8,10H. The normalized spacial score (nSPS) is 26.7. The monoisotopic (exact) mass is 180 g/mol. The van der Waals surface area contributed by atoms with Gasteiger partial charge in [0.15, 0.2) is 6.10 Å². The molecule has 1 aromatic rings. The molecule has 68 valence electrons. The van der Waals surface area contributed by atoms with Gasteiger partial charge in [-0.15, -0.1) is 0 Å². The molecule has 4 nitrogen and oxygen atoms in total. The topological polar surface area (TPSA) is 55.8 Å². The molecule has 0 aromatic heterocycles. The van der Waals surface area contributed by atoms with Crippen molar-refractivity contribution in [3.63, 3.8) is 0 Å². The van der Waals surface area contributed by atoms with Crippen molar-refractivity contribution in [1.29, 1.82) is 0 Å². The van der Waals surface area contributed by atoms with E-state index in [1.165, 1.54) is 0 Å². The van der Waals surface area contributed by atoms with E-state index in [4.69, 9.17) is 4.74 Å². The summed E-state index contributed by atoms with van der Waals surface area (Å²) in [6.07, 6.45) is -2.73. The van der Waals surface area contributed by atoms with Gasteiger partial charge in [-0.1, -0.05) is 30.3 Å². The second-order valence-electron chi connectivity index (χ2n) is 2.71. The molecule has 1 aliphatic rings. The molecule has 1 heterocycles. The molecule has 1 fully saturated rings. The van der Waals surface area contributed by atoms with Gasteiger partial charge in [0.1, 0.15) is 0 Å². The molecule has 0 saturated carbocycles. The third-order valence-electron chi connectivity index (χ3n) is 1.83. The highest BCUT2D eigenvalue weighted by Crippen LogP contribution is 2.27. The molecule has 2 unspecified atom stereocenters. The zero-order valence-electron chi connectivity index (χ0n) is 6.71. The van der Waals surface area contributed by atoms with Crippen molar-refractivity contribution >= 4 is 6.16 Å². The largest absolute Gasteiger partial charge is 0.511 e. The zero-order chi connectivity index (χ0) is 9.26. The zero-order valence-corrected chi connectivity index (χ0v) is 6.71. The number of benzene rings is 1. The summed E-state index contributed by atoms with van der Waals surface area (Å²) in [5.74, 6) is 0. The predicted octanol–water partition coefficient (Wildman–Crippen LogP) is 1.21. The first-order valence-corrected chi connectivity index (χ1v) is 3.87. The molecule has 0 aliphatic carbocycles. The van der Waals surface area contributed by atoms with Crippen LogP contribution in [0.2, 0.25) is 0 Å². The van der Waals surface area contributed by atoms with E-state index >= 15 is 0 Å². The fourth-order valence-corrected chi connectivity index (χ4v) is 1.23. The molecule has 0 amide bonds. The van der Waals surface area contributed by atoms with Crippen LogP contribution in [0.25, 0.3) is 0 Å². The van der Waals surface area contributed by atoms with Gasteiger partial charge in [0.05, 0.1) is 0 Å². The Morgan fingerprint density at radius 2 is 1.85 bits per heavy atom. The lowest BCUT2D eigenvalue weighted by atomic mass is 10.1. The van der Waals surface area contributed by atoms with Crippen LogP contribution in [0.15, 0.2) is 30.3 Å². The second kappa shape index (κ2) is 3.06. The van der Waals surface area contributed by atoms with E-state index in [-0.39, 0.29) is 0 Å². The number of hydrogen-bond donors (Lipinski definition) is 1. The minimum Gasteiger partial charge on any atom is -0.419 e. The Labute approximate surface area is 74.7 Å². The summed E-state index contributed by atoms with van der Waals surface area (Å²) in [6.45, 7) is 0. The molecule has 2 rings (SSSR count). The smallest absolute Gasteiger partial charge is 0.419 e. The van der Waals surface area contributed by atoms with Crippen molar-refractivity contribution in [2.45, 2.75) is 12.4 Å². The minimum absolute atomic E-state index is 0.700. The van der Waals surface area contributed by atoms with E-state index in [1.54, 1.807) is 24.3 Å². The first-order chi connectivity index (χ1) is 6.27. The fourth-order valence-electron chi connectivity index (χ4n) is 1.23. The van der Waals surface area contributed by atoms with Crippen molar-refractivity contribution in [2.24, 2.45) is 0 Å². The Hall–Kier alpha value is -1.55. The van der Waals surface area contributed by atoms with Gasteiger partial charge in [0.25, 0.3) is 0 Å². The lowest BCUT2D eigenvalue weighted by molar-refractivity contribution is -0.0455. The van der Waals surface area contributed by atoms with E-state index in [9.17, 15) is 9.90 Å². The van der Waals surface area contributed by atoms with Gasteiger partial charge < -0.3 is 14.6 Å². The summed E-state index contributed by atoms with van der Waals surface area (Å²) in [7, 11) is 0. The number of aliphatic hydroxyl groups excluding tert-OH is 1. The van der Waals surface area contributed by atoms with Gasteiger partial charge in [-0.05, 0) is 5.56 Å². The molecule has 0 spiro atoms. The molecular formula is C9H8O4. The van der Waals surface area contributed by atoms with Gasteiger partial charge in [0, 0.05) is 0 Å². The number of carbonyl (C=O) groups excluding carboxylic acids is 1. The summed E-state index contributed by atoms with van der Waals surface area (Å²) in [4.78, 5) is 10.6. The molecule has 0 bridgehead atoms. The van der Waals surface area contributed by atoms with Gasteiger partial charge in [-0.2, -0.15) is 0 Å². The van der Waals surface area contributed by atoms with Crippen molar-refractivity contribution in [1.82, 2.24) is 0 Å². The van der Waals surface area contributed by atoms with Crippen LogP contribution in [0.3, 0.4) is 0 Å². The molecule has 13 heavy (non-hydrogen) atoms. The van der Waals surface area contributed by atoms with Crippen LogP contribution in [0, 0.1) is 0 Å². The Kier molecular flexibility index (Phi) is 1.90. The van der Waals surface area contributed by atoms with Crippen LogP contribution in [0.1, 0.15) is 11.7 Å². The van der Waals surface area contributed by atoms with Crippen LogP contribution < -0.4 is 0 Å².